The molecule has 1 amide bonds. The Labute approximate surface area is 139 Å². The fourth-order valence-corrected chi connectivity index (χ4v) is 1.48. The number of hydrogen-bond donors (Lipinski definition) is 5. The number of carbonyl (C=O) groups excluding carboxylic acids is 2. The Bertz CT molecular complexity index is 720. The average Bonchev–Trinajstić information content (AvgIpc) is 2.53. The van der Waals surface area contributed by atoms with Crippen molar-refractivity contribution in [2.45, 2.75) is 6.92 Å². The van der Waals surface area contributed by atoms with Crippen LogP contribution in [0.5, 0.6) is 5.75 Å². The van der Waals surface area contributed by atoms with Gasteiger partial charge < -0.3 is 33.0 Å². The summed E-state index contributed by atoms with van der Waals surface area (Å²) < 4.78 is 4.78. The highest BCUT2D eigenvalue weighted by atomic mass is 16.5. The Kier molecular flexibility index (Phi) is 6.98. The lowest BCUT2D eigenvalue weighted by Crippen LogP contribution is -2.22. The highest BCUT2D eigenvalue weighted by molar-refractivity contribution is 5.91. The lowest BCUT2D eigenvalue weighted by molar-refractivity contribution is -0.131. The number of carbonyl (C=O) groups is 2. The summed E-state index contributed by atoms with van der Waals surface area (Å²) in [5, 5.41) is 2.45. The molecule has 0 saturated heterocycles. The van der Waals surface area contributed by atoms with E-state index in [1.165, 1.54) is 6.92 Å². The average molecular weight is 332 g/mol. The number of nitrogens with zero attached hydrogens (tertiary/aromatic N) is 1. The van der Waals surface area contributed by atoms with Crippen LogP contribution in [0.4, 0.5) is 23.0 Å². The smallest absolute Gasteiger partial charge is 0.308 e. The van der Waals surface area contributed by atoms with Crippen LogP contribution in [-0.4, -0.2) is 23.4 Å². The molecule has 0 spiro atoms. The second-order valence-electron chi connectivity index (χ2n) is 4.55. The molecule has 0 atom stereocenters. The van der Waals surface area contributed by atoms with Crippen molar-refractivity contribution in [1.82, 2.24) is 4.98 Å². The summed E-state index contributed by atoms with van der Waals surface area (Å²) in [5.41, 5.74) is 22.3. The molecular formula is C15H20N6O3. The molecule has 0 radical (unpaired) electrons. The summed E-state index contributed by atoms with van der Waals surface area (Å²) in [4.78, 5) is 25.1. The van der Waals surface area contributed by atoms with Gasteiger partial charge in [0.15, 0.2) is 5.75 Å². The van der Waals surface area contributed by atoms with Crippen molar-refractivity contribution in [3.8, 4) is 5.75 Å². The predicted octanol–water partition coefficient (Wildman–Crippen LogP) is 0.337. The van der Waals surface area contributed by atoms with E-state index in [0.717, 1.165) is 0 Å². The lowest BCUT2D eigenvalue weighted by Gasteiger charge is -2.04. The molecule has 1 aromatic heterocycles. The van der Waals surface area contributed by atoms with E-state index in [1.807, 2.05) is 0 Å². The van der Waals surface area contributed by atoms with Gasteiger partial charge in [0.25, 0.3) is 0 Å². The lowest BCUT2D eigenvalue weighted by atomic mass is 10.3. The van der Waals surface area contributed by atoms with Crippen molar-refractivity contribution in [1.29, 1.82) is 0 Å². The topological polar surface area (TPSA) is 172 Å². The third-order valence-corrected chi connectivity index (χ3v) is 2.58. The van der Waals surface area contributed by atoms with E-state index in [1.54, 1.807) is 36.4 Å². The van der Waals surface area contributed by atoms with Gasteiger partial charge in [-0.25, -0.2) is 4.98 Å². The van der Waals surface area contributed by atoms with Crippen molar-refractivity contribution in [3.05, 3.63) is 36.4 Å². The molecule has 128 valence electrons. The molecule has 9 heteroatoms. The number of anilines is 4. The molecule has 1 heterocycles. The van der Waals surface area contributed by atoms with E-state index in [2.05, 4.69) is 10.3 Å². The summed E-state index contributed by atoms with van der Waals surface area (Å²) in [6.45, 7) is 1.25. The van der Waals surface area contributed by atoms with E-state index in [4.69, 9.17) is 27.7 Å². The Morgan fingerprint density at radius 1 is 1.08 bits per heavy atom. The molecule has 0 fully saturated rings. The molecule has 0 aliphatic heterocycles. The second-order valence-corrected chi connectivity index (χ2v) is 4.55. The minimum atomic E-state index is -0.358. The quantitative estimate of drug-likeness (QED) is 0.304. The first-order valence-electron chi connectivity index (χ1n) is 6.88. The van der Waals surface area contributed by atoms with Gasteiger partial charge in [-0.1, -0.05) is 12.1 Å². The van der Waals surface area contributed by atoms with Crippen LogP contribution in [0.15, 0.2) is 36.4 Å². The predicted molar refractivity (Wildman–Crippen MR) is 92.9 cm³/mol. The van der Waals surface area contributed by atoms with Crippen molar-refractivity contribution in [2.24, 2.45) is 5.73 Å². The second kappa shape index (κ2) is 8.96. The molecule has 2 rings (SSSR count). The molecule has 1 aromatic carbocycles. The first-order valence-corrected chi connectivity index (χ1v) is 6.88. The van der Waals surface area contributed by atoms with Gasteiger partial charge >= 0.3 is 5.97 Å². The third kappa shape index (κ3) is 6.20. The highest BCUT2D eigenvalue weighted by Gasteiger charge is 2.02. The molecule has 24 heavy (non-hydrogen) atoms. The Morgan fingerprint density at radius 2 is 1.75 bits per heavy atom. The maximum atomic E-state index is 10.8. The number of amides is 1. The van der Waals surface area contributed by atoms with Gasteiger partial charge in [0.05, 0.1) is 17.9 Å². The molecule has 9 nitrogen and oxygen atoms in total. The fourth-order valence-electron chi connectivity index (χ4n) is 1.48. The van der Waals surface area contributed by atoms with E-state index in [-0.39, 0.29) is 24.2 Å². The minimum Gasteiger partial charge on any atom is -0.425 e. The van der Waals surface area contributed by atoms with Crippen LogP contribution >= 0.6 is 0 Å². The van der Waals surface area contributed by atoms with Gasteiger partial charge in [-0.15, -0.1) is 0 Å². The molecule has 0 aliphatic carbocycles. The van der Waals surface area contributed by atoms with Crippen molar-refractivity contribution in [3.63, 3.8) is 0 Å². The largest absolute Gasteiger partial charge is 0.425 e. The number of hydrogen-bond acceptors (Lipinski definition) is 8. The Balaban J connectivity index is 0.000000243. The minimum absolute atomic E-state index is 0.0913. The van der Waals surface area contributed by atoms with Crippen LogP contribution in [0.25, 0.3) is 0 Å². The molecular weight excluding hydrogens is 312 g/mol. The summed E-state index contributed by atoms with van der Waals surface area (Å²) in [7, 11) is 0. The summed E-state index contributed by atoms with van der Waals surface area (Å²) >= 11 is 0. The first-order chi connectivity index (χ1) is 11.3. The number of nitrogen functional groups attached to an aromatic ring is 3. The van der Waals surface area contributed by atoms with E-state index < -0.39 is 0 Å². The van der Waals surface area contributed by atoms with Crippen LogP contribution in [0, 0.1) is 0 Å². The molecule has 9 N–H and O–H groups in total. The standard InChI is InChI=1S/C8H9NO2.C7H11N5O/c1-6(10)11-8-5-3-2-4-7(8)9;8-3-6(13)11-5-2-1-4(9)7(10)12-5/h2-5H,9H2,1H3;1-2H,3,8-9H2,(H3,10,11,12,13). The number of pyridine rings is 1. The highest BCUT2D eigenvalue weighted by Crippen LogP contribution is 2.19. The zero-order valence-corrected chi connectivity index (χ0v) is 13.2. The van der Waals surface area contributed by atoms with Crippen molar-refractivity contribution in [2.75, 3.05) is 29.1 Å². The zero-order valence-electron chi connectivity index (χ0n) is 13.2. The number of rotatable bonds is 3. The number of esters is 1. The SMILES string of the molecule is CC(=O)Oc1ccccc1N.NCC(=O)Nc1ccc(N)c(N)n1. The van der Waals surface area contributed by atoms with Crippen LogP contribution in [-0.2, 0) is 9.59 Å². The van der Waals surface area contributed by atoms with Crippen LogP contribution in [0.2, 0.25) is 0 Å². The van der Waals surface area contributed by atoms with Gasteiger partial charge in [0, 0.05) is 6.92 Å². The Hall–Kier alpha value is -3.33. The van der Waals surface area contributed by atoms with E-state index >= 15 is 0 Å². The third-order valence-electron chi connectivity index (χ3n) is 2.58. The van der Waals surface area contributed by atoms with Gasteiger partial charge in [-0.05, 0) is 24.3 Å². The number of benzene rings is 1. The number of aromatic nitrogens is 1. The molecule has 0 bridgehead atoms. The number of nitrogens with two attached hydrogens (primary N) is 4. The fraction of sp³-hybridized carbons (Fsp3) is 0.133. The van der Waals surface area contributed by atoms with Crippen molar-refractivity contribution < 1.29 is 14.3 Å². The van der Waals surface area contributed by atoms with Gasteiger partial charge in [-0.3, -0.25) is 9.59 Å². The maximum Gasteiger partial charge on any atom is 0.308 e. The van der Waals surface area contributed by atoms with Crippen LogP contribution in [0.1, 0.15) is 6.92 Å². The number of nitrogens with one attached hydrogen (secondary N) is 1. The number of para-hydroxylation sites is 2. The monoisotopic (exact) mass is 332 g/mol. The molecule has 0 saturated carbocycles. The maximum absolute atomic E-state index is 10.8. The van der Waals surface area contributed by atoms with Crippen LogP contribution in [0.3, 0.4) is 0 Å². The normalized spacial score (nSPS) is 9.42. The zero-order chi connectivity index (χ0) is 18.1. The van der Waals surface area contributed by atoms with E-state index in [0.29, 0.717) is 22.9 Å². The molecule has 2 aromatic rings. The van der Waals surface area contributed by atoms with Crippen LogP contribution < -0.4 is 33.0 Å². The van der Waals surface area contributed by atoms with Gasteiger partial charge in [0.1, 0.15) is 11.6 Å². The first kappa shape index (κ1) is 18.7. The number of ether oxygens (including phenoxy) is 1. The Morgan fingerprint density at radius 3 is 2.29 bits per heavy atom. The van der Waals surface area contributed by atoms with E-state index in [9.17, 15) is 9.59 Å². The summed E-state index contributed by atoms with van der Waals surface area (Å²) in [6, 6.07) is 9.99. The summed E-state index contributed by atoms with van der Waals surface area (Å²) in [5.74, 6) is 0.275. The van der Waals surface area contributed by atoms with Gasteiger partial charge in [-0.2, -0.15) is 0 Å². The van der Waals surface area contributed by atoms with Gasteiger partial charge in [0.2, 0.25) is 5.91 Å². The summed E-state index contributed by atoms with van der Waals surface area (Å²) in [6.07, 6.45) is 0. The van der Waals surface area contributed by atoms with Crippen molar-refractivity contribution >= 4 is 34.9 Å². The molecule has 0 aliphatic rings. The molecule has 0 unspecified atom stereocenters.